The maximum absolute atomic E-state index is 14.1. The third kappa shape index (κ3) is 1.96. The van der Waals surface area contributed by atoms with Crippen LogP contribution in [0, 0.1) is 6.92 Å². The highest BCUT2D eigenvalue weighted by Gasteiger charge is 2.45. The fourth-order valence-corrected chi connectivity index (χ4v) is 2.50. The molecule has 1 aliphatic heterocycles. The molecule has 0 spiro atoms. The van der Waals surface area contributed by atoms with Crippen LogP contribution in [0.1, 0.15) is 12.1 Å². The van der Waals surface area contributed by atoms with Crippen molar-refractivity contribution >= 4 is 22.8 Å². The van der Waals surface area contributed by atoms with Crippen molar-refractivity contribution in [3.05, 3.63) is 17.3 Å². The van der Waals surface area contributed by atoms with Crippen molar-refractivity contribution in [3.8, 4) is 0 Å². The molecule has 9 heteroatoms. The van der Waals surface area contributed by atoms with Crippen LogP contribution < -0.4 is 0 Å². The number of aliphatic hydroxyl groups excluding tert-OH is 2. The fraction of sp³-hybridized carbons (Fsp3) is 0.545. The highest BCUT2D eigenvalue weighted by Crippen LogP contribution is 2.34. The lowest BCUT2D eigenvalue weighted by Gasteiger charge is -2.15. The van der Waals surface area contributed by atoms with Crippen molar-refractivity contribution in [2.75, 3.05) is 6.61 Å². The summed E-state index contributed by atoms with van der Waals surface area (Å²) in [6.07, 6.45) is -3.86. The predicted molar refractivity (Wildman–Crippen MR) is 67.0 cm³/mol. The molecular weight excluding hydrogens is 291 g/mol. The number of halogens is 2. The molecule has 0 aliphatic carbocycles. The lowest BCUT2D eigenvalue weighted by molar-refractivity contribution is -0.0459. The first kappa shape index (κ1) is 13.6. The summed E-state index contributed by atoms with van der Waals surface area (Å²) in [5, 5.41) is 18.9. The molecule has 0 unspecified atom stereocenters. The van der Waals surface area contributed by atoms with Gasteiger partial charge in [0.25, 0.3) is 0 Å². The summed E-state index contributed by atoms with van der Waals surface area (Å²) >= 11 is 5.95. The van der Waals surface area contributed by atoms with E-state index < -0.39 is 31.2 Å². The van der Waals surface area contributed by atoms with E-state index in [0.29, 0.717) is 17.0 Å². The van der Waals surface area contributed by atoms with Gasteiger partial charge in [0.05, 0.1) is 12.9 Å². The number of hydrogen-bond acceptors (Lipinski definition) is 6. The van der Waals surface area contributed by atoms with Crippen LogP contribution in [0.15, 0.2) is 6.33 Å². The molecule has 20 heavy (non-hydrogen) atoms. The van der Waals surface area contributed by atoms with Crippen LogP contribution in [0.2, 0.25) is 5.15 Å². The van der Waals surface area contributed by atoms with Gasteiger partial charge in [-0.2, -0.15) is 0 Å². The smallest absolute Gasteiger partial charge is 0.173 e. The largest absolute Gasteiger partial charge is 0.394 e. The van der Waals surface area contributed by atoms with E-state index in [0.717, 1.165) is 0 Å². The molecule has 0 radical (unpaired) electrons. The molecule has 1 aliphatic rings. The summed E-state index contributed by atoms with van der Waals surface area (Å²) < 4.78 is 20.8. The average molecular weight is 303 g/mol. The van der Waals surface area contributed by atoms with Crippen molar-refractivity contribution in [2.24, 2.45) is 0 Å². The normalized spacial score (nSPS) is 30.2. The first-order chi connectivity index (χ1) is 9.52. The molecule has 1 fully saturated rings. The standard InChI is InChI=1S/C11H12ClFN4O3/c1-4-15-9(12)7-10(16-4)17(3-14-7)11-6(13)8(19)5(2-18)20-11/h3,5-6,8,11,18-19H,2H2,1H3/t5-,6-,8-,11-/m1/s1. The molecular formula is C11H12ClFN4O3. The molecule has 3 heterocycles. The molecule has 2 N–H and O–H groups in total. The Kier molecular flexibility index (Phi) is 3.33. The van der Waals surface area contributed by atoms with Gasteiger partial charge in [-0.25, -0.2) is 19.3 Å². The molecule has 4 atom stereocenters. The van der Waals surface area contributed by atoms with E-state index in [1.807, 2.05) is 0 Å². The number of aliphatic hydroxyl groups is 2. The fourth-order valence-electron chi connectivity index (χ4n) is 2.25. The van der Waals surface area contributed by atoms with E-state index in [1.165, 1.54) is 10.9 Å². The van der Waals surface area contributed by atoms with Crippen molar-refractivity contribution in [1.82, 2.24) is 19.5 Å². The number of aromatic nitrogens is 4. The van der Waals surface area contributed by atoms with Crippen LogP contribution in [0.4, 0.5) is 4.39 Å². The van der Waals surface area contributed by atoms with Gasteiger partial charge in [-0.15, -0.1) is 0 Å². The van der Waals surface area contributed by atoms with Crippen LogP contribution in [0.5, 0.6) is 0 Å². The number of rotatable bonds is 2. The lowest BCUT2D eigenvalue weighted by Crippen LogP contribution is -2.30. The summed E-state index contributed by atoms with van der Waals surface area (Å²) in [5.74, 6) is 0.414. The molecule has 3 rings (SSSR count). The molecule has 0 aromatic carbocycles. The van der Waals surface area contributed by atoms with Crippen LogP contribution in [0.3, 0.4) is 0 Å². The molecule has 0 saturated carbocycles. The topological polar surface area (TPSA) is 93.3 Å². The summed E-state index contributed by atoms with van der Waals surface area (Å²) in [6, 6.07) is 0. The van der Waals surface area contributed by atoms with E-state index in [4.69, 9.17) is 21.4 Å². The zero-order valence-electron chi connectivity index (χ0n) is 10.4. The van der Waals surface area contributed by atoms with E-state index in [2.05, 4.69) is 15.0 Å². The number of alkyl halides is 1. The van der Waals surface area contributed by atoms with Gasteiger partial charge in [0.15, 0.2) is 23.2 Å². The highest BCUT2D eigenvalue weighted by molar-refractivity contribution is 6.33. The Hall–Kier alpha value is -1.35. The van der Waals surface area contributed by atoms with E-state index in [1.54, 1.807) is 6.92 Å². The van der Waals surface area contributed by atoms with Gasteiger partial charge in [0, 0.05) is 0 Å². The van der Waals surface area contributed by atoms with Crippen molar-refractivity contribution < 1.29 is 19.3 Å². The number of aryl methyl sites for hydroxylation is 1. The number of imidazole rings is 1. The molecule has 0 amide bonds. The summed E-state index contributed by atoms with van der Waals surface area (Å²) in [4.78, 5) is 12.2. The summed E-state index contributed by atoms with van der Waals surface area (Å²) in [6.45, 7) is 1.18. The number of nitrogens with zero attached hydrogens (tertiary/aromatic N) is 4. The van der Waals surface area contributed by atoms with Crippen LogP contribution in [-0.4, -0.2) is 54.7 Å². The summed E-state index contributed by atoms with van der Waals surface area (Å²) in [7, 11) is 0. The third-order valence-electron chi connectivity index (χ3n) is 3.24. The number of fused-ring (bicyclic) bond motifs is 1. The van der Waals surface area contributed by atoms with Crippen molar-refractivity contribution in [1.29, 1.82) is 0 Å². The second-order valence-corrected chi connectivity index (χ2v) is 4.93. The maximum Gasteiger partial charge on any atom is 0.173 e. The molecule has 108 valence electrons. The lowest BCUT2D eigenvalue weighted by atomic mass is 10.1. The van der Waals surface area contributed by atoms with Gasteiger partial charge in [-0.3, -0.25) is 4.57 Å². The number of hydrogen-bond donors (Lipinski definition) is 2. The quantitative estimate of drug-likeness (QED) is 0.779. The average Bonchev–Trinajstić information content (AvgIpc) is 2.93. The van der Waals surface area contributed by atoms with Gasteiger partial charge in [-0.05, 0) is 6.92 Å². The van der Waals surface area contributed by atoms with Crippen molar-refractivity contribution in [3.63, 3.8) is 0 Å². The van der Waals surface area contributed by atoms with Crippen LogP contribution in [0.25, 0.3) is 11.2 Å². The Morgan fingerprint density at radius 2 is 2.25 bits per heavy atom. The van der Waals surface area contributed by atoms with Crippen LogP contribution in [-0.2, 0) is 4.74 Å². The monoisotopic (exact) mass is 302 g/mol. The highest BCUT2D eigenvalue weighted by atomic mass is 35.5. The first-order valence-corrected chi connectivity index (χ1v) is 6.36. The first-order valence-electron chi connectivity index (χ1n) is 5.98. The second kappa shape index (κ2) is 4.88. The van der Waals surface area contributed by atoms with E-state index >= 15 is 0 Å². The molecule has 1 saturated heterocycles. The molecule has 0 bridgehead atoms. The Bertz CT molecular complexity index is 652. The van der Waals surface area contributed by atoms with Gasteiger partial charge >= 0.3 is 0 Å². The third-order valence-corrected chi connectivity index (χ3v) is 3.50. The zero-order chi connectivity index (χ0) is 14.4. The SMILES string of the molecule is Cc1nc(Cl)c2ncn([C@@H]3O[C@H](CO)[C@@H](O)[C@H]3F)c2n1. The van der Waals surface area contributed by atoms with Crippen molar-refractivity contribution in [2.45, 2.75) is 31.5 Å². The minimum atomic E-state index is -1.70. The zero-order valence-corrected chi connectivity index (χ0v) is 11.2. The Labute approximate surface area is 118 Å². The molecule has 7 nitrogen and oxygen atoms in total. The minimum Gasteiger partial charge on any atom is -0.394 e. The Balaban J connectivity index is 2.07. The van der Waals surface area contributed by atoms with Gasteiger partial charge < -0.3 is 14.9 Å². The Morgan fingerprint density at radius 1 is 1.50 bits per heavy atom. The molecule has 2 aromatic heterocycles. The Morgan fingerprint density at radius 3 is 2.90 bits per heavy atom. The minimum absolute atomic E-state index is 0.166. The number of ether oxygens (including phenoxy) is 1. The summed E-state index contributed by atoms with van der Waals surface area (Å²) in [5.41, 5.74) is 0.649. The van der Waals surface area contributed by atoms with E-state index in [-0.39, 0.29) is 5.15 Å². The van der Waals surface area contributed by atoms with Gasteiger partial charge in [0.2, 0.25) is 0 Å². The van der Waals surface area contributed by atoms with Gasteiger partial charge in [-0.1, -0.05) is 11.6 Å². The predicted octanol–water partition coefficient (Wildman–Crippen LogP) is 0.377. The second-order valence-electron chi connectivity index (χ2n) is 4.57. The van der Waals surface area contributed by atoms with E-state index in [9.17, 15) is 9.50 Å². The maximum atomic E-state index is 14.1. The molecule has 2 aromatic rings. The van der Waals surface area contributed by atoms with Crippen LogP contribution >= 0.6 is 11.6 Å². The van der Waals surface area contributed by atoms with Gasteiger partial charge in [0.1, 0.15) is 23.5 Å².